The van der Waals surface area contributed by atoms with Crippen LogP contribution in [0.2, 0.25) is 0 Å². The summed E-state index contributed by atoms with van der Waals surface area (Å²) < 4.78 is 14.0. The van der Waals surface area contributed by atoms with Gasteiger partial charge in [0.2, 0.25) is 0 Å². The van der Waals surface area contributed by atoms with Crippen molar-refractivity contribution in [2.24, 2.45) is 0 Å². The Balaban J connectivity index is 1.27. The Morgan fingerprint density at radius 1 is 0.308 bits per heavy atom. The summed E-state index contributed by atoms with van der Waals surface area (Å²) in [5, 5.41) is 18.2. The van der Waals surface area contributed by atoms with Gasteiger partial charge in [0, 0.05) is 38.8 Å². The van der Waals surface area contributed by atoms with E-state index < -0.39 is 16.1 Å². The monoisotopic (exact) mass is 876 g/mol. The molecule has 0 fully saturated rings. The SMILES string of the molecule is c1ccc(P(Nc2c(-c3cccc4ccccc34)ccc3c2-c2c(ccc(-c4cccc5ccccc45)c2NP(c2ccccc2)c2ccccc2)OCCCO3)c2ccccc2)cc1. The van der Waals surface area contributed by atoms with Crippen LogP contribution in [0.4, 0.5) is 11.4 Å². The van der Waals surface area contributed by atoms with Crippen LogP contribution in [0.15, 0.2) is 231 Å². The first-order valence-electron chi connectivity index (χ1n) is 22.2. The Labute approximate surface area is 383 Å². The largest absolute Gasteiger partial charge is 0.493 e. The third-order valence-electron chi connectivity index (χ3n) is 12.1. The van der Waals surface area contributed by atoms with E-state index in [1.165, 1.54) is 42.8 Å². The molecule has 1 aliphatic heterocycles. The molecular formula is C59H46N2O2P2. The summed E-state index contributed by atoms with van der Waals surface area (Å²) in [6.07, 6.45) is 0.738. The topological polar surface area (TPSA) is 42.5 Å². The molecule has 0 unspecified atom stereocenters. The summed E-state index contributed by atoms with van der Waals surface area (Å²) in [7, 11) is -2.28. The lowest BCUT2D eigenvalue weighted by Crippen LogP contribution is -2.19. The second-order valence-corrected chi connectivity index (χ2v) is 19.9. The van der Waals surface area contributed by atoms with Crippen molar-refractivity contribution in [3.8, 4) is 44.9 Å². The molecule has 2 N–H and O–H groups in total. The fourth-order valence-corrected chi connectivity index (χ4v) is 12.9. The molecule has 0 saturated carbocycles. The zero-order valence-corrected chi connectivity index (χ0v) is 37.6. The van der Waals surface area contributed by atoms with Crippen LogP contribution in [0, 0.1) is 0 Å². The van der Waals surface area contributed by atoms with Gasteiger partial charge in [-0.1, -0.05) is 206 Å². The summed E-state index contributed by atoms with van der Waals surface area (Å²) in [5.41, 5.74) is 8.37. The van der Waals surface area contributed by atoms with E-state index in [0.717, 1.165) is 62.7 Å². The Hall–Kier alpha value is -7.22. The molecule has 0 aliphatic carbocycles. The van der Waals surface area contributed by atoms with E-state index >= 15 is 0 Å². The average Bonchev–Trinajstić information content (AvgIpc) is 3.47. The van der Waals surface area contributed by atoms with Gasteiger partial charge in [0.25, 0.3) is 0 Å². The average molecular weight is 877 g/mol. The van der Waals surface area contributed by atoms with Crippen LogP contribution in [0.1, 0.15) is 6.42 Å². The van der Waals surface area contributed by atoms with Gasteiger partial charge < -0.3 is 19.6 Å². The molecule has 0 aromatic heterocycles. The Kier molecular flexibility index (Phi) is 11.5. The highest BCUT2D eigenvalue weighted by Crippen LogP contribution is 2.57. The highest BCUT2D eigenvalue weighted by Gasteiger charge is 2.31. The first-order chi connectivity index (χ1) is 32.3. The third kappa shape index (κ3) is 8.13. The summed E-state index contributed by atoms with van der Waals surface area (Å²) in [5.74, 6) is 1.61. The van der Waals surface area contributed by atoms with Gasteiger partial charge in [-0.3, -0.25) is 0 Å². The molecule has 6 heteroatoms. The molecular weight excluding hydrogens is 831 g/mol. The van der Waals surface area contributed by atoms with Crippen LogP contribution in [0.25, 0.3) is 54.9 Å². The van der Waals surface area contributed by atoms with Gasteiger partial charge in [-0.05, 0) is 56.9 Å². The number of hydrogen-bond acceptors (Lipinski definition) is 4. The molecule has 0 bridgehead atoms. The predicted octanol–water partition coefficient (Wildman–Crippen LogP) is 14.1. The molecule has 10 aromatic rings. The minimum absolute atomic E-state index is 0.514. The second kappa shape index (κ2) is 18.5. The Morgan fingerprint density at radius 2 is 0.646 bits per heavy atom. The summed E-state index contributed by atoms with van der Waals surface area (Å²) >= 11 is 0. The fraction of sp³-hybridized carbons (Fsp3) is 0.0508. The zero-order valence-electron chi connectivity index (χ0n) is 35.8. The van der Waals surface area contributed by atoms with Crippen molar-refractivity contribution in [1.29, 1.82) is 0 Å². The van der Waals surface area contributed by atoms with Gasteiger partial charge in [-0.2, -0.15) is 0 Å². The smallest absolute Gasteiger partial charge is 0.129 e. The maximum absolute atomic E-state index is 6.99. The Bertz CT molecular complexity index is 2950. The van der Waals surface area contributed by atoms with Crippen LogP contribution < -0.4 is 40.9 Å². The minimum atomic E-state index is -1.14. The van der Waals surface area contributed by atoms with Crippen LogP contribution in [-0.2, 0) is 0 Å². The van der Waals surface area contributed by atoms with Crippen molar-refractivity contribution in [1.82, 2.24) is 0 Å². The molecule has 0 amide bonds. The molecule has 0 saturated heterocycles. The van der Waals surface area contributed by atoms with Gasteiger partial charge in [0.1, 0.15) is 11.5 Å². The van der Waals surface area contributed by atoms with Crippen LogP contribution >= 0.6 is 16.1 Å². The highest BCUT2D eigenvalue weighted by molar-refractivity contribution is 7.74. The number of hydrogen-bond donors (Lipinski definition) is 2. The lowest BCUT2D eigenvalue weighted by atomic mass is 9.89. The van der Waals surface area contributed by atoms with Crippen molar-refractivity contribution in [2.45, 2.75) is 6.42 Å². The quantitative estimate of drug-likeness (QED) is 0.134. The third-order valence-corrected chi connectivity index (χ3v) is 16.2. The molecule has 314 valence electrons. The van der Waals surface area contributed by atoms with Crippen molar-refractivity contribution in [2.75, 3.05) is 23.4 Å². The van der Waals surface area contributed by atoms with Gasteiger partial charge >= 0.3 is 0 Å². The van der Waals surface area contributed by atoms with Crippen LogP contribution in [0.3, 0.4) is 0 Å². The summed E-state index contributed by atoms with van der Waals surface area (Å²) in [6.45, 7) is 1.03. The number of rotatable bonds is 10. The molecule has 0 radical (unpaired) electrons. The minimum Gasteiger partial charge on any atom is -0.493 e. The van der Waals surface area contributed by atoms with E-state index in [1.807, 2.05) is 0 Å². The zero-order chi connectivity index (χ0) is 43.4. The van der Waals surface area contributed by atoms with E-state index in [9.17, 15) is 0 Å². The van der Waals surface area contributed by atoms with Gasteiger partial charge in [0.15, 0.2) is 0 Å². The van der Waals surface area contributed by atoms with Crippen molar-refractivity contribution >= 4 is 70.3 Å². The molecule has 11 rings (SSSR count). The molecule has 65 heavy (non-hydrogen) atoms. The maximum Gasteiger partial charge on any atom is 0.129 e. The summed E-state index contributed by atoms with van der Waals surface area (Å²) in [4.78, 5) is 0. The van der Waals surface area contributed by atoms with Crippen molar-refractivity contribution < 1.29 is 9.47 Å². The molecule has 0 spiro atoms. The lowest BCUT2D eigenvalue weighted by Gasteiger charge is -2.30. The predicted molar refractivity (Wildman–Crippen MR) is 279 cm³/mol. The summed E-state index contributed by atoms with van der Waals surface area (Å²) in [6, 6.07) is 83.0. The maximum atomic E-state index is 6.99. The van der Waals surface area contributed by atoms with Crippen molar-refractivity contribution in [3.05, 3.63) is 231 Å². The highest BCUT2D eigenvalue weighted by atomic mass is 31.1. The normalized spacial score (nSPS) is 12.3. The van der Waals surface area contributed by atoms with E-state index in [1.54, 1.807) is 0 Å². The molecule has 0 atom stereocenters. The lowest BCUT2D eigenvalue weighted by molar-refractivity contribution is 0.252. The van der Waals surface area contributed by atoms with Gasteiger partial charge in [0.05, 0.1) is 51.9 Å². The number of fused-ring (bicyclic) bond motifs is 5. The van der Waals surface area contributed by atoms with Crippen LogP contribution in [0.5, 0.6) is 11.5 Å². The molecule has 1 aliphatic rings. The standard InChI is InChI=1S/C59H46N2O2P2/c1-5-24-44(25-6-1)64(45-26-7-2-8-27-45)60-58-52(50-34-17-22-42-20-13-15-32-48(42)50)36-38-54-56(58)57-55(63-41-19-40-62-54)39-37-53(51-35-18-23-43-21-14-16-33-49(43)51)59(57)61-65(46-28-9-3-10-29-46)47-30-11-4-12-31-47/h1-18,20-39,60-61H,19,40-41H2. The fourth-order valence-electron chi connectivity index (χ4n) is 9.02. The molecule has 4 nitrogen and oxygen atoms in total. The van der Waals surface area contributed by atoms with Gasteiger partial charge in [-0.25, -0.2) is 0 Å². The van der Waals surface area contributed by atoms with E-state index in [4.69, 9.17) is 9.47 Å². The number of anilines is 2. The van der Waals surface area contributed by atoms with Crippen molar-refractivity contribution in [3.63, 3.8) is 0 Å². The van der Waals surface area contributed by atoms with E-state index in [0.29, 0.717) is 13.2 Å². The van der Waals surface area contributed by atoms with Crippen LogP contribution in [-0.4, -0.2) is 13.2 Å². The molecule has 10 aromatic carbocycles. The number of nitrogens with one attached hydrogen (secondary N) is 2. The Morgan fingerprint density at radius 3 is 1.03 bits per heavy atom. The molecule has 1 heterocycles. The first-order valence-corrected chi connectivity index (χ1v) is 24.9. The van der Waals surface area contributed by atoms with Gasteiger partial charge in [-0.15, -0.1) is 0 Å². The first kappa shape index (κ1) is 40.5. The van der Waals surface area contributed by atoms with E-state index in [-0.39, 0.29) is 0 Å². The number of ether oxygens (including phenoxy) is 2. The number of benzene rings is 10. The second-order valence-electron chi connectivity index (χ2n) is 16.1. The van der Waals surface area contributed by atoms with E-state index in [2.05, 4.69) is 241 Å².